The van der Waals surface area contributed by atoms with E-state index in [0.717, 1.165) is 36.0 Å². The van der Waals surface area contributed by atoms with Gasteiger partial charge in [-0.05, 0) is 37.1 Å². The summed E-state index contributed by atoms with van der Waals surface area (Å²) in [6, 6.07) is 11.4. The summed E-state index contributed by atoms with van der Waals surface area (Å²) in [5.74, 6) is 2.17. The van der Waals surface area contributed by atoms with Gasteiger partial charge in [0.15, 0.2) is 17.5 Å². The highest BCUT2D eigenvalue weighted by atomic mass is 127. The van der Waals surface area contributed by atoms with Crippen molar-refractivity contribution in [3.63, 3.8) is 0 Å². The first-order chi connectivity index (χ1) is 12.6. The van der Waals surface area contributed by atoms with E-state index < -0.39 is 0 Å². The van der Waals surface area contributed by atoms with Crippen molar-refractivity contribution in [2.45, 2.75) is 19.4 Å². The van der Waals surface area contributed by atoms with Crippen LogP contribution in [0, 0.1) is 0 Å². The number of hydrogen-bond donors (Lipinski definition) is 2. The summed E-state index contributed by atoms with van der Waals surface area (Å²) in [4.78, 5) is 8.30. The Hall–Kier alpha value is -1.74. The molecular formula is C19H26ClIN4O2. The molecule has 2 N–H and O–H groups in total. The third-order valence-electron chi connectivity index (χ3n) is 3.67. The van der Waals surface area contributed by atoms with Crippen LogP contribution in [0.25, 0.3) is 0 Å². The Morgan fingerprint density at radius 1 is 1.19 bits per heavy atom. The summed E-state index contributed by atoms with van der Waals surface area (Å²) in [5.41, 5.74) is 1.12. The monoisotopic (exact) mass is 504 g/mol. The number of benzene rings is 1. The quantitative estimate of drug-likeness (QED) is 0.249. The largest absolute Gasteiger partial charge is 0.493 e. The highest BCUT2D eigenvalue weighted by Crippen LogP contribution is 2.26. The van der Waals surface area contributed by atoms with Crippen molar-refractivity contribution in [2.24, 2.45) is 4.99 Å². The summed E-state index contributed by atoms with van der Waals surface area (Å²) < 4.78 is 11.2. The number of halogens is 2. The van der Waals surface area contributed by atoms with E-state index in [-0.39, 0.29) is 30.1 Å². The van der Waals surface area contributed by atoms with Gasteiger partial charge >= 0.3 is 0 Å². The van der Waals surface area contributed by atoms with Crippen molar-refractivity contribution in [1.29, 1.82) is 0 Å². The topological polar surface area (TPSA) is 67.8 Å². The molecule has 1 aromatic heterocycles. The second-order valence-electron chi connectivity index (χ2n) is 5.70. The lowest BCUT2D eigenvalue weighted by Crippen LogP contribution is -2.42. The fourth-order valence-corrected chi connectivity index (χ4v) is 2.43. The van der Waals surface area contributed by atoms with Gasteiger partial charge in [-0.25, -0.2) is 4.98 Å². The molecule has 1 atom stereocenters. The minimum absolute atomic E-state index is 0. The number of aliphatic imine (C=N–C) groups is 1. The van der Waals surface area contributed by atoms with Crippen LogP contribution in [0.5, 0.6) is 11.5 Å². The Balaban J connectivity index is 0.00000364. The molecule has 0 bridgehead atoms. The summed E-state index contributed by atoms with van der Waals surface area (Å²) in [5, 5.41) is 7.03. The number of para-hydroxylation sites is 2. The average Bonchev–Trinajstić information content (AvgIpc) is 2.66. The van der Waals surface area contributed by atoms with Gasteiger partial charge in [0.2, 0.25) is 0 Å². The number of methoxy groups -OCH3 is 1. The summed E-state index contributed by atoms with van der Waals surface area (Å²) in [6.07, 6.45) is 2.56. The molecule has 0 amide bonds. The summed E-state index contributed by atoms with van der Waals surface area (Å²) >= 11 is 5.79. The van der Waals surface area contributed by atoms with E-state index in [1.165, 1.54) is 0 Å². The molecular weight excluding hydrogens is 479 g/mol. The van der Waals surface area contributed by atoms with E-state index in [2.05, 4.69) is 20.6 Å². The zero-order chi connectivity index (χ0) is 18.8. The molecule has 6 nitrogen and oxygen atoms in total. The van der Waals surface area contributed by atoms with Gasteiger partial charge in [0.25, 0.3) is 0 Å². The van der Waals surface area contributed by atoms with Crippen LogP contribution >= 0.6 is 35.6 Å². The molecule has 0 aliphatic carbocycles. The number of nitrogens with one attached hydrogen (secondary N) is 2. The molecule has 1 aromatic carbocycles. The maximum atomic E-state index is 5.93. The molecule has 2 aromatic rings. The normalized spacial score (nSPS) is 11.9. The maximum absolute atomic E-state index is 5.93. The zero-order valence-electron chi connectivity index (χ0n) is 15.7. The van der Waals surface area contributed by atoms with Crippen LogP contribution in [0.2, 0.25) is 5.15 Å². The molecule has 0 saturated heterocycles. The first kappa shape index (κ1) is 23.3. The van der Waals surface area contributed by atoms with Gasteiger partial charge in [-0.1, -0.05) is 29.8 Å². The third kappa shape index (κ3) is 8.21. The van der Waals surface area contributed by atoms with Gasteiger partial charge in [0, 0.05) is 19.8 Å². The van der Waals surface area contributed by atoms with Gasteiger partial charge < -0.3 is 20.1 Å². The Morgan fingerprint density at radius 3 is 2.56 bits per heavy atom. The highest BCUT2D eigenvalue weighted by molar-refractivity contribution is 14.0. The lowest BCUT2D eigenvalue weighted by molar-refractivity contribution is 0.213. The molecule has 2 rings (SSSR count). The number of guanidine groups is 1. The van der Waals surface area contributed by atoms with Gasteiger partial charge in [0.1, 0.15) is 11.3 Å². The predicted octanol–water partition coefficient (Wildman–Crippen LogP) is 3.54. The van der Waals surface area contributed by atoms with Crippen LogP contribution in [0.3, 0.4) is 0 Å². The second-order valence-corrected chi connectivity index (χ2v) is 6.09. The van der Waals surface area contributed by atoms with Gasteiger partial charge in [0.05, 0.1) is 13.7 Å². The van der Waals surface area contributed by atoms with E-state index in [1.807, 2.05) is 37.3 Å². The molecule has 27 heavy (non-hydrogen) atoms. The minimum atomic E-state index is -0.0506. The zero-order valence-corrected chi connectivity index (χ0v) is 18.8. The summed E-state index contributed by atoms with van der Waals surface area (Å²) in [6.45, 7) is 3.34. The molecule has 0 aliphatic heterocycles. The Labute approximate surface area is 182 Å². The predicted molar refractivity (Wildman–Crippen MR) is 121 cm³/mol. The molecule has 0 aliphatic rings. The number of hydrogen-bond acceptors (Lipinski definition) is 4. The molecule has 0 spiro atoms. The molecule has 148 valence electrons. The molecule has 1 unspecified atom stereocenters. The van der Waals surface area contributed by atoms with Crippen molar-refractivity contribution in [1.82, 2.24) is 15.6 Å². The minimum Gasteiger partial charge on any atom is -0.493 e. The second kappa shape index (κ2) is 12.6. The Morgan fingerprint density at radius 2 is 1.93 bits per heavy atom. The van der Waals surface area contributed by atoms with Crippen LogP contribution in [-0.4, -0.2) is 44.3 Å². The van der Waals surface area contributed by atoms with E-state index in [0.29, 0.717) is 11.7 Å². The Kier molecular flexibility index (Phi) is 10.9. The SMILES string of the molecule is CN=C(NCCc1ccc(Cl)nc1)NCC(C)Oc1ccccc1OC.I. The van der Waals surface area contributed by atoms with Crippen molar-refractivity contribution in [3.8, 4) is 11.5 Å². The third-order valence-corrected chi connectivity index (χ3v) is 3.90. The number of rotatable bonds is 8. The van der Waals surface area contributed by atoms with Crippen LogP contribution in [-0.2, 0) is 6.42 Å². The number of ether oxygens (including phenoxy) is 2. The van der Waals surface area contributed by atoms with Gasteiger partial charge in [-0.2, -0.15) is 0 Å². The van der Waals surface area contributed by atoms with Crippen LogP contribution in [0.15, 0.2) is 47.6 Å². The fourth-order valence-electron chi connectivity index (χ4n) is 2.32. The van der Waals surface area contributed by atoms with Crippen molar-refractivity contribution >= 4 is 41.5 Å². The average molecular weight is 505 g/mol. The first-order valence-electron chi connectivity index (χ1n) is 8.47. The van der Waals surface area contributed by atoms with E-state index in [9.17, 15) is 0 Å². The van der Waals surface area contributed by atoms with Gasteiger partial charge in [-0.3, -0.25) is 4.99 Å². The molecule has 0 fully saturated rings. The smallest absolute Gasteiger partial charge is 0.191 e. The van der Waals surface area contributed by atoms with Crippen molar-refractivity contribution in [3.05, 3.63) is 53.3 Å². The Bertz CT molecular complexity index is 713. The van der Waals surface area contributed by atoms with Crippen molar-refractivity contribution in [2.75, 3.05) is 27.2 Å². The number of pyridine rings is 1. The number of nitrogens with zero attached hydrogens (tertiary/aromatic N) is 2. The first-order valence-corrected chi connectivity index (χ1v) is 8.84. The molecule has 1 heterocycles. The van der Waals surface area contributed by atoms with Crippen molar-refractivity contribution < 1.29 is 9.47 Å². The number of aromatic nitrogens is 1. The van der Waals surface area contributed by atoms with Crippen LogP contribution < -0.4 is 20.1 Å². The highest BCUT2D eigenvalue weighted by Gasteiger charge is 2.09. The fraction of sp³-hybridized carbons (Fsp3) is 0.368. The standard InChI is InChI=1S/C19H25ClN4O2.HI/c1-14(26-17-7-5-4-6-16(17)25-3)12-24-19(21-2)22-11-10-15-8-9-18(20)23-13-15;/h4-9,13-14H,10-12H2,1-3H3,(H2,21,22,24);1H. The molecule has 0 radical (unpaired) electrons. The summed E-state index contributed by atoms with van der Waals surface area (Å²) in [7, 11) is 3.37. The van der Waals surface area contributed by atoms with E-state index >= 15 is 0 Å². The van der Waals surface area contributed by atoms with Crippen LogP contribution in [0.1, 0.15) is 12.5 Å². The lowest BCUT2D eigenvalue weighted by atomic mass is 10.2. The van der Waals surface area contributed by atoms with E-state index in [4.69, 9.17) is 21.1 Å². The lowest BCUT2D eigenvalue weighted by Gasteiger charge is -2.19. The van der Waals surface area contributed by atoms with Gasteiger partial charge in [-0.15, -0.1) is 24.0 Å². The molecule has 8 heteroatoms. The van der Waals surface area contributed by atoms with Crippen LogP contribution in [0.4, 0.5) is 0 Å². The van der Waals surface area contributed by atoms with E-state index in [1.54, 1.807) is 26.4 Å². The molecule has 0 saturated carbocycles. The maximum Gasteiger partial charge on any atom is 0.191 e.